The number of pyridine rings is 1. The van der Waals surface area contributed by atoms with Gasteiger partial charge in [-0.25, -0.2) is 0 Å². The van der Waals surface area contributed by atoms with Gasteiger partial charge < -0.3 is 10.6 Å². The average Bonchev–Trinajstić information content (AvgIpc) is 2.47. The molecule has 108 valence electrons. The number of anilines is 1. The summed E-state index contributed by atoms with van der Waals surface area (Å²) in [4.78, 5) is 6.61. The van der Waals surface area contributed by atoms with E-state index in [4.69, 9.17) is 11.1 Å². The lowest BCUT2D eigenvalue weighted by Crippen LogP contribution is -2.34. The van der Waals surface area contributed by atoms with Crippen LogP contribution in [0.15, 0.2) is 42.6 Å². The van der Waals surface area contributed by atoms with Crippen LogP contribution in [-0.4, -0.2) is 17.4 Å². The van der Waals surface area contributed by atoms with Crippen molar-refractivity contribution in [1.82, 2.24) is 4.98 Å². The second-order valence-corrected chi connectivity index (χ2v) is 5.74. The van der Waals surface area contributed by atoms with E-state index in [-0.39, 0.29) is 5.84 Å². The Morgan fingerprint density at radius 2 is 2.14 bits per heavy atom. The van der Waals surface area contributed by atoms with Crippen molar-refractivity contribution < 1.29 is 0 Å². The number of amidine groups is 1. The Labute approximate surface area is 125 Å². The maximum atomic E-state index is 7.67. The van der Waals surface area contributed by atoms with E-state index < -0.39 is 0 Å². The van der Waals surface area contributed by atoms with E-state index in [2.05, 4.69) is 41.1 Å². The molecule has 2 aromatic rings. The third-order valence-electron chi connectivity index (χ3n) is 3.94. The number of nitrogens with zero attached hydrogens (tertiary/aromatic N) is 2. The lowest BCUT2D eigenvalue weighted by atomic mass is 9.93. The zero-order chi connectivity index (χ0) is 14.8. The number of nitrogens with two attached hydrogens (primary N) is 1. The van der Waals surface area contributed by atoms with Crippen LogP contribution in [0.5, 0.6) is 0 Å². The van der Waals surface area contributed by atoms with E-state index in [1.807, 2.05) is 12.1 Å². The SMILES string of the molecule is CC1Cc2ccccc2N(Cc2cccnc2C(=N)N)C1. The van der Waals surface area contributed by atoms with Gasteiger partial charge in [0.15, 0.2) is 0 Å². The second-order valence-electron chi connectivity index (χ2n) is 5.74. The molecule has 2 heterocycles. The average molecular weight is 280 g/mol. The number of benzene rings is 1. The molecule has 0 radical (unpaired) electrons. The van der Waals surface area contributed by atoms with Crippen LogP contribution in [-0.2, 0) is 13.0 Å². The molecule has 1 aliphatic heterocycles. The number of rotatable bonds is 3. The molecule has 21 heavy (non-hydrogen) atoms. The van der Waals surface area contributed by atoms with E-state index >= 15 is 0 Å². The van der Waals surface area contributed by atoms with Gasteiger partial charge in [0, 0.05) is 30.5 Å². The van der Waals surface area contributed by atoms with E-state index in [1.54, 1.807) is 6.20 Å². The molecule has 1 aliphatic rings. The van der Waals surface area contributed by atoms with Crippen LogP contribution in [0.2, 0.25) is 0 Å². The molecule has 0 saturated heterocycles. The van der Waals surface area contributed by atoms with E-state index in [0.717, 1.165) is 25.1 Å². The minimum atomic E-state index is 0.0314. The van der Waals surface area contributed by atoms with Gasteiger partial charge >= 0.3 is 0 Å². The summed E-state index contributed by atoms with van der Waals surface area (Å²) in [6.07, 6.45) is 2.81. The minimum Gasteiger partial charge on any atom is -0.382 e. The van der Waals surface area contributed by atoms with Crippen LogP contribution >= 0.6 is 0 Å². The van der Waals surface area contributed by atoms with Crippen LogP contribution in [0, 0.1) is 11.3 Å². The van der Waals surface area contributed by atoms with Gasteiger partial charge in [0.2, 0.25) is 0 Å². The van der Waals surface area contributed by atoms with Gasteiger partial charge in [-0.2, -0.15) is 0 Å². The van der Waals surface area contributed by atoms with Crippen molar-refractivity contribution in [1.29, 1.82) is 5.41 Å². The molecule has 1 aromatic carbocycles. The first kappa shape index (κ1) is 13.6. The van der Waals surface area contributed by atoms with Crippen LogP contribution in [0.4, 0.5) is 5.69 Å². The Morgan fingerprint density at radius 3 is 2.95 bits per heavy atom. The highest BCUT2D eigenvalue weighted by atomic mass is 15.1. The maximum absolute atomic E-state index is 7.67. The molecular formula is C17H20N4. The Hall–Kier alpha value is -2.36. The van der Waals surface area contributed by atoms with Gasteiger partial charge in [-0.05, 0) is 30.0 Å². The van der Waals surface area contributed by atoms with E-state index in [9.17, 15) is 0 Å². The molecule has 0 saturated carbocycles. The summed E-state index contributed by atoms with van der Waals surface area (Å²) in [6.45, 7) is 4.03. The normalized spacial score (nSPS) is 17.4. The Kier molecular flexibility index (Phi) is 3.60. The number of nitrogens with one attached hydrogen (secondary N) is 1. The summed E-state index contributed by atoms with van der Waals surface area (Å²) in [6, 6.07) is 12.5. The van der Waals surface area contributed by atoms with Crippen LogP contribution < -0.4 is 10.6 Å². The third-order valence-corrected chi connectivity index (χ3v) is 3.94. The molecule has 1 atom stereocenters. The Bertz CT molecular complexity index is 665. The summed E-state index contributed by atoms with van der Waals surface area (Å²) >= 11 is 0. The molecule has 4 heteroatoms. The largest absolute Gasteiger partial charge is 0.382 e. The second kappa shape index (κ2) is 5.56. The zero-order valence-electron chi connectivity index (χ0n) is 12.2. The molecule has 0 bridgehead atoms. The molecule has 0 amide bonds. The summed E-state index contributed by atoms with van der Waals surface area (Å²) < 4.78 is 0. The van der Waals surface area contributed by atoms with Gasteiger partial charge in [0.05, 0.1) is 0 Å². The summed E-state index contributed by atoms with van der Waals surface area (Å²) in [5, 5.41) is 7.67. The quantitative estimate of drug-likeness (QED) is 0.671. The molecule has 4 nitrogen and oxygen atoms in total. The van der Waals surface area contributed by atoms with Crippen molar-refractivity contribution in [2.45, 2.75) is 19.9 Å². The highest BCUT2D eigenvalue weighted by Gasteiger charge is 2.22. The topological polar surface area (TPSA) is 66.0 Å². The summed E-state index contributed by atoms with van der Waals surface area (Å²) in [5.41, 5.74) is 9.92. The van der Waals surface area contributed by atoms with Crippen molar-refractivity contribution in [3.63, 3.8) is 0 Å². The minimum absolute atomic E-state index is 0.0314. The lowest BCUT2D eigenvalue weighted by molar-refractivity contribution is 0.530. The molecule has 1 unspecified atom stereocenters. The van der Waals surface area contributed by atoms with Gasteiger partial charge in [-0.3, -0.25) is 10.4 Å². The van der Waals surface area contributed by atoms with Gasteiger partial charge in [0.25, 0.3) is 0 Å². The monoisotopic (exact) mass is 280 g/mol. The number of hydrogen-bond donors (Lipinski definition) is 2. The number of para-hydroxylation sites is 1. The molecule has 0 fully saturated rings. The summed E-state index contributed by atoms with van der Waals surface area (Å²) in [7, 11) is 0. The van der Waals surface area contributed by atoms with Crippen molar-refractivity contribution in [2.24, 2.45) is 11.7 Å². The molecular weight excluding hydrogens is 260 g/mol. The first-order valence-electron chi connectivity index (χ1n) is 7.26. The van der Waals surface area contributed by atoms with E-state index in [1.165, 1.54) is 11.3 Å². The van der Waals surface area contributed by atoms with Crippen LogP contribution in [0.25, 0.3) is 0 Å². The fraction of sp³-hybridized carbons (Fsp3) is 0.294. The third kappa shape index (κ3) is 2.75. The first-order valence-corrected chi connectivity index (χ1v) is 7.26. The predicted octanol–water partition coefficient (Wildman–Crippen LogP) is 2.56. The first-order chi connectivity index (χ1) is 10.1. The standard InChI is InChI=1S/C17H20N4/c1-12-9-13-5-2-3-7-15(13)21(10-12)11-14-6-4-8-20-16(14)17(18)19/h2-8,12H,9-11H2,1H3,(H3,18,19). The number of aromatic nitrogens is 1. The van der Waals surface area contributed by atoms with Crippen molar-refractivity contribution in [3.05, 3.63) is 59.4 Å². The van der Waals surface area contributed by atoms with Gasteiger partial charge in [-0.1, -0.05) is 31.2 Å². The zero-order valence-corrected chi connectivity index (χ0v) is 12.2. The predicted molar refractivity (Wildman–Crippen MR) is 85.6 cm³/mol. The van der Waals surface area contributed by atoms with Crippen LogP contribution in [0.3, 0.4) is 0 Å². The number of nitrogen functional groups attached to an aromatic ring is 1. The number of hydrogen-bond acceptors (Lipinski definition) is 3. The van der Waals surface area contributed by atoms with Gasteiger partial charge in [-0.15, -0.1) is 0 Å². The highest BCUT2D eigenvalue weighted by molar-refractivity contribution is 5.94. The smallest absolute Gasteiger partial charge is 0.142 e. The van der Waals surface area contributed by atoms with Crippen molar-refractivity contribution in [3.8, 4) is 0 Å². The van der Waals surface area contributed by atoms with Crippen molar-refractivity contribution >= 4 is 11.5 Å². The molecule has 3 N–H and O–H groups in total. The Morgan fingerprint density at radius 1 is 1.33 bits per heavy atom. The molecule has 3 rings (SSSR count). The van der Waals surface area contributed by atoms with E-state index in [0.29, 0.717) is 11.6 Å². The fourth-order valence-electron chi connectivity index (χ4n) is 3.07. The Balaban J connectivity index is 1.94. The molecule has 0 spiro atoms. The fourth-order valence-corrected chi connectivity index (χ4v) is 3.07. The van der Waals surface area contributed by atoms with Crippen molar-refractivity contribution in [2.75, 3.05) is 11.4 Å². The number of fused-ring (bicyclic) bond motifs is 1. The maximum Gasteiger partial charge on any atom is 0.142 e. The molecule has 0 aliphatic carbocycles. The van der Waals surface area contributed by atoms with Gasteiger partial charge in [0.1, 0.15) is 11.5 Å². The summed E-state index contributed by atoms with van der Waals surface area (Å²) in [5.74, 6) is 0.654. The van der Waals surface area contributed by atoms with Crippen LogP contribution in [0.1, 0.15) is 23.7 Å². The lowest BCUT2D eigenvalue weighted by Gasteiger charge is -2.35. The molecule has 1 aromatic heterocycles. The highest BCUT2D eigenvalue weighted by Crippen LogP contribution is 2.30.